The average molecular weight is 670 g/mol. The molecule has 1 amide bonds. The number of carbonyl (C=O) groups excluding carboxylic acids is 1. The quantitative estimate of drug-likeness (QED) is 0.224. The number of methoxy groups -OCH3 is 1. The number of amides is 1. The Bertz CT molecular complexity index is 1620. The molecule has 0 saturated heterocycles. The summed E-state index contributed by atoms with van der Waals surface area (Å²) < 4.78 is 89.9. The number of hydrogen-bond donors (Lipinski definition) is 4. The largest absolute Gasteiger partial charge is 0.497 e. The molecule has 1 aliphatic rings. The third-order valence-corrected chi connectivity index (χ3v) is 8.95. The molecule has 0 radical (unpaired) electrons. The molecule has 10 nitrogen and oxygen atoms in total. The second-order valence-electron chi connectivity index (χ2n) is 11.9. The van der Waals surface area contributed by atoms with Crippen LogP contribution in [0.15, 0.2) is 48.5 Å². The molecule has 0 aliphatic carbocycles. The molecule has 0 saturated carbocycles. The van der Waals surface area contributed by atoms with E-state index in [4.69, 9.17) is 19.3 Å². The summed E-state index contributed by atoms with van der Waals surface area (Å²) in [6.45, 7) is 4.82. The zero-order chi connectivity index (χ0) is 34.1. The van der Waals surface area contributed by atoms with E-state index in [9.17, 15) is 31.7 Å². The minimum absolute atomic E-state index is 0.0663. The van der Waals surface area contributed by atoms with Crippen molar-refractivity contribution in [3.05, 3.63) is 71.2 Å². The number of hydrogen-bond acceptors (Lipinski definition) is 8. The summed E-state index contributed by atoms with van der Waals surface area (Å²) in [6, 6.07) is 9.73. The van der Waals surface area contributed by atoms with Crippen LogP contribution >= 0.6 is 0 Å². The lowest BCUT2D eigenvalue weighted by Crippen LogP contribution is -2.52. The second kappa shape index (κ2) is 13.1. The van der Waals surface area contributed by atoms with Crippen molar-refractivity contribution in [2.75, 3.05) is 33.5 Å². The molecule has 2 heterocycles. The van der Waals surface area contributed by atoms with Crippen molar-refractivity contribution in [3.8, 4) is 28.5 Å². The fourth-order valence-electron chi connectivity index (χ4n) is 4.55. The fraction of sp³-hybridized carbons (Fsp3) is 0.419. The summed E-state index contributed by atoms with van der Waals surface area (Å²) in [5.74, 6) is -1.24. The molecule has 1 unspecified atom stereocenters. The highest BCUT2D eigenvalue weighted by molar-refractivity contribution is 7.84. The van der Waals surface area contributed by atoms with E-state index in [1.54, 1.807) is 27.7 Å². The molecule has 46 heavy (non-hydrogen) atoms. The van der Waals surface area contributed by atoms with Gasteiger partial charge in [0.1, 0.15) is 36.2 Å². The van der Waals surface area contributed by atoms with Gasteiger partial charge >= 0.3 is 6.18 Å². The lowest BCUT2D eigenvalue weighted by molar-refractivity contribution is -0.265. The first-order chi connectivity index (χ1) is 21.4. The van der Waals surface area contributed by atoms with Gasteiger partial charge < -0.3 is 29.7 Å². The highest BCUT2D eigenvalue weighted by Gasteiger charge is 2.57. The summed E-state index contributed by atoms with van der Waals surface area (Å²) in [4.78, 5) is 17.3. The number of alkyl halides is 3. The molecule has 0 spiro atoms. The zero-order valence-corrected chi connectivity index (χ0v) is 26.6. The maximum absolute atomic E-state index is 14.8. The zero-order valence-electron chi connectivity index (χ0n) is 25.8. The Balaban J connectivity index is 1.80. The molecule has 4 N–H and O–H groups in total. The van der Waals surface area contributed by atoms with Crippen LogP contribution in [-0.4, -0.2) is 69.7 Å². The highest BCUT2D eigenvalue weighted by atomic mass is 32.2. The highest BCUT2D eigenvalue weighted by Crippen LogP contribution is 2.47. The van der Waals surface area contributed by atoms with E-state index in [2.05, 4.69) is 15.0 Å². The van der Waals surface area contributed by atoms with Gasteiger partial charge in [0.25, 0.3) is 5.91 Å². The van der Waals surface area contributed by atoms with Crippen LogP contribution in [0.4, 0.5) is 17.6 Å². The molecule has 0 bridgehead atoms. The van der Waals surface area contributed by atoms with Gasteiger partial charge in [0.2, 0.25) is 5.60 Å². The summed E-state index contributed by atoms with van der Waals surface area (Å²) in [6.07, 6.45) is -5.36. The van der Waals surface area contributed by atoms with Crippen LogP contribution < -0.4 is 24.2 Å². The Labute approximate surface area is 265 Å². The smallest absolute Gasteiger partial charge is 0.424 e. The number of aromatic nitrogens is 1. The number of nitrogens with one attached hydrogen (secondary N) is 2. The second-order valence-corrected chi connectivity index (χ2v) is 13.8. The van der Waals surface area contributed by atoms with E-state index in [0.29, 0.717) is 0 Å². The van der Waals surface area contributed by atoms with Gasteiger partial charge in [-0.3, -0.25) is 4.79 Å². The average Bonchev–Trinajstić information content (AvgIpc) is 3.33. The number of rotatable bonds is 11. The number of benzene rings is 2. The lowest BCUT2D eigenvalue weighted by atomic mass is 9.89. The van der Waals surface area contributed by atoms with Crippen molar-refractivity contribution in [1.29, 1.82) is 0 Å². The van der Waals surface area contributed by atoms with E-state index >= 15 is 0 Å². The van der Waals surface area contributed by atoms with Gasteiger partial charge in [0.15, 0.2) is 5.75 Å². The van der Waals surface area contributed by atoms with Crippen LogP contribution in [0.25, 0.3) is 11.3 Å². The molecule has 2 aromatic carbocycles. The Kier molecular flexibility index (Phi) is 10.0. The number of halogens is 4. The first-order valence-corrected chi connectivity index (χ1v) is 15.2. The molecule has 3 atom stereocenters. The Morgan fingerprint density at radius 3 is 2.35 bits per heavy atom. The van der Waals surface area contributed by atoms with Gasteiger partial charge in [-0.1, -0.05) is 0 Å². The van der Waals surface area contributed by atoms with Gasteiger partial charge in [0.05, 0.1) is 47.2 Å². The maximum Gasteiger partial charge on any atom is 0.424 e. The van der Waals surface area contributed by atoms with Crippen molar-refractivity contribution < 1.29 is 51.0 Å². The minimum Gasteiger partial charge on any atom is -0.497 e. The molecule has 3 aromatic rings. The summed E-state index contributed by atoms with van der Waals surface area (Å²) in [5, 5.41) is 22.5. The van der Waals surface area contributed by atoms with Gasteiger partial charge in [-0.15, -0.1) is 0 Å². The number of fused-ring (bicyclic) bond motifs is 1. The molecule has 0 fully saturated rings. The van der Waals surface area contributed by atoms with Crippen molar-refractivity contribution >= 4 is 16.9 Å². The Morgan fingerprint density at radius 2 is 1.76 bits per heavy atom. The van der Waals surface area contributed by atoms with Crippen molar-refractivity contribution in [1.82, 2.24) is 15.0 Å². The van der Waals surface area contributed by atoms with E-state index in [0.717, 1.165) is 18.2 Å². The summed E-state index contributed by atoms with van der Waals surface area (Å²) >= 11 is 0. The summed E-state index contributed by atoms with van der Waals surface area (Å²) in [5.41, 5.74) is -5.83. The van der Waals surface area contributed by atoms with E-state index < -0.39 is 57.0 Å². The SMILES string of the molecule is COc1cc(OCCO)cc(C(=O)NC[C@@](O)(c2cc3c(c(-c4ccc(F)cc4)n2)OC[C@@]3(C)NS(=O)C(C)(C)C)C(F)(F)F)c1. The Morgan fingerprint density at radius 1 is 1.11 bits per heavy atom. The Hall–Kier alpha value is -3.79. The maximum atomic E-state index is 14.8. The van der Waals surface area contributed by atoms with Crippen molar-refractivity contribution in [2.45, 2.75) is 49.8 Å². The van der Waals surface area contributed by atoms with Crippen LogP contribution in [0.5, 0.6) is 17.2 Å². The fourth-order valence-corrected chi connectivity index (χ4v) is 5.44. The number of carbonyl (C=O) groups is 1. The third kappa shape index (κ3) is 7.27. The molecular weight excluding hydrogens is 634 g/mol. The van der Waals surface area contributed by atoms with Crippen molar-refractivity contribution in [3.63, 3.8) is 0 Å². The number of pyridine rings is 1. The van der Waals surface area contributed by atoms with E-state index in [1.807, 2.05) is 0 Å². The van der Waals surface area contributed by atoms with E-state index in [1.165, 1.54) is 37.4 Å². The molecule has 250 valence electrons. The van der Waals surface area contributed by atoms with Crippen LogP contribution in [0.3, 0.4) is 0 Å². The molecule has 4 rings (SSSR count). The third-order valence-electron chi connectivity index (χ3n) is 7.20. The number of aliphatic hydroxyl groups excluding tert-OH is 1. The van der Waals surface area contributed by atoms with Crippen LogP contribution in [-0.2, 0) is 22.1 Å². The van der Waals surface area contributed by atoms with Crippen LogP contribution in [0.2, 0.25) is 0 Å². The van der Waals surface area contributed by atoms with Gasteiger partial charge in [-0.2, -0.15) is 13.2 Å². The molecular formula is C31H35F4N3O7S. The van der Waals surface area contributed by atoms with Gasteiger partial charge in [-0.25, -0.2) is 18.3 Å². The van der Waals surface area contributed by atoms with Gasteiger partial charge in [-0.05, 0) is 70.2 Å². The first-order valence-electron chi connectivity index (χ1n) is 14.1. The van der Waals surface area contributed by atoms with Crippen LogP contribution in [0.1, 0.15) is 49.3 Å². The van der Waals surface area contributed by atoms with Gasteiger partial charge in [0, 0.05) is 22.8 Å². The monoisotopic (exact) mass is 669 g/mol. The number of ether oxygens (including phenoxy) is 3. The first kappa shape index (κ1) is 35.1. The van der Waals surface area contributed by atoms with Crippen molar-refractivity contribution in [2.24, 2.45) is 0 Å². The lowest BCUT2D eigenvalue weighted by Gasteiger charge is -2.32. The molecule has 1 aromatic heterocycles. The normalized spacial score (nSPS) is 18.2. The standard InChI is InChI=1S/C31H35F4N3O7S/c1-28(2,3)46(42)38-29(4)17-45-26-23(29)15-24(37-25(26)18-6-8-20(32)9-7-18)30(41,31(33,34)35)16-36-27(40)19-12-21(43-5)14-22(13-19)44-11-10-39/h6-9,12-15,38-39,41H,10-11,16-17H2,1-5H3,(H,36,40)/t29-,30-,46?/m1/s1. The van der Waals surface area contributed by atoms with E-state index in [-0.39, 0.29) is 59.5 Å². The molecule has 15 heteroatoms. The topological polar surface area (TPSA) is 139 Å². The summed E-state index contributed by atoms with van der Waals surface area (Å²) in [7, 11) is -0.371. The van der Waals surface area contributed by atoms with Crippen LogP contribution in [0, 0.1) is 5.82 Å². The predicted octanol–water partition coefficient (Wildman–Crippen LogP) is 4.11. The number of nitrogens with zero attached hydrogens (tertiary/aromatic N) is 1. The number of aliphatic hydroxyl groups is 2. The molecule has 1 aliphatic heterocycles. The minimum atomic E-state index is -5.36. The predicted molar refractivity (Wildman–Crippen MR) is 161 cm³/mol.